The van der Waals surface area contributed by atoms with E-state index >= 15 is 0 Å². The zero-order chi connectivity index (χ0) is 46.1. The van der Waals surface area contributed by atoms with Crippen LogP contribution in [-0.2, 0) is 16.2 Å². The van der Waals surface area contributed by atoms with Crippen molar-refractivity contribution >= 4 is 89.5 Å². The van der Waals surface area contributed by atoms with Gasteiger partial charge >= 0.3 is 0 Å². The summed E-state index contributed by atoms with van der Waals surface area (Å²) >= 11 is 0. The number of hydrogen-bond acceptors (Lipinski definition) is 2. The summed E-state index contributed by atoms with van der Waals surface area (Å²) in [5, 5.41) is 7.81. The van der Waals surface area contributed by atoms with Crippen molar-refractivity contribution in [2.45, 2.75) is 78.6 Å². The number of benzene rings is 10. The normalized spacial score (nSPS) is 13.7. The largest absolute Gasteiger partial charge is 0.311 e. The van der Waals surface area contributed by atoms with Crippen LogP contribution in [0.5, 0.6) is 0 Å². The summed E-state index contributed by atoms with van der Waals surface area (Å²) in [5.74, 6) is 0. The molecule has 10 aromatic rings. The smallest absolute Gasteiger partial charge is 0.252 e. The van der Waals surface area contributed by atoms with E-state index in [0.717, 1.165) is 0 Å². The summed E-state index contributed by atoms with van der Waals surface area (Å²) in [5.41, 5.74) is 20.1. The van der Waals surface area contributed by atoms with Gasteiger partial charge in [0.1, 0.15) is 0 Å². The minimum absolute atomic E-state index is 0.00430. The fourth-order valence-electron chi connectivity index (χ4n) is 11.3. The SMILES string of the molecule is CC(C)(C)c1ccc(N2c3ccc(-c4ccccc4)cc3B3c4cc(C(C)(C)C)ccc4N(c4ccc(C(C)(C)C)cc4-c4ccc5ccc6cccc7ccc4c5c67)c4cccc2c43)cc1. The highest BCUT2D eigenvalue weighted by Crippen LogP contribution is 2.50. The molecule has 0 saturated heterocycles. The van der Waals surface area contributed by atoms with E-state index < -0.39 is 0 Å². The molecule has 12 rings (SSSR count). The number of rotatable bonds is 4. The molecule has 0 radical (unpaired) electrons. The second-order valence-electron chi connectivity index (χ2n) is 22.2. The minimum atomic E-state index is -0.0568. The quantitative estimate of drug-likeness (QED) is 0.128. The first-order chi connectivity index (χ1) is 32.1. The van der Waals surface area contributed by atoms with Gasteiger partial charge in [-0.2, -0.15) is 0 Å². The van der Waals surface area contributed by atoms with Crippen molar-refractivity contribution in [1.82, 2.24) is 0 Å². The lowest BCUT2D eigenvalue weighted by atomic mass is 9.33. The fraction of sp³-hybridized carbons (Fsp3) is 0.188. The average molecular weight is 865 g/mol. The molecule has 2 aliphatic heterocycles. The van der Waals surface area contributed by atoms with Crippen molar-refractivity contribution in [3.05, 3.63) is 199 Å². The van der Waals surface area contributed by atoms with E-state index in [1.165, 1.54) is 122 Å². The molecular weight excluding hydrogens is 808 g/mol. The average Bonchev–Trinajstić information content (AvgIpc) is 3.32. The van der Waals surface area contributed by atoms with Crippen molar-refractivity contribution in [3.8, 4) is 22.3 Å². The molecule has 2 aliphatic rings. The molecule has 0 N–H and O–H groups in total. The number of fused-ring (bicyclic) bond motifs is 4. The number of hydrogen-bond donors (Lipinski definition) is 0. The van der Waals surface area contributed by atoms with Crippen LogP contribution in [0.2, 0.25) is 0 Å². The Morgan fingerprint density at radius 1 is 0.343 bits per heavy atom. The molecule has 0 amide bonds. The lowest BCUT2D eigenvalue weighted by Gasteiger charge is -2.45. The third-order valence-electron chi connectivity index (χ3n) is 14.9. The molecule has 0 bridgehead atoms. The molecule has 0 aromatic heterocycles. The van der Waals surface area contributed by atoms with E-state index in [9.17, 15) is 0 Å². The Bertz CT molecular complexity index is 3570. The van der Waals surface area contributed by atoms with Gasteiger partial charge in [-0.15, -0.1) is 0 Å². The Balaban J connectivity index is 1.17. The molecule has 3 heteroatoms. The van der Waals surface area contributed by atoms with Gasteiger partial charge < -0.3 is 9.80 Å². The molecule has 326 valence electrons. The van der Waals surface area contributed by atoms with Crippen molar-refractivity contribution in [1.29, 1.82) is 0 Å². The second kappa shape index (κ2) is 14.7. The maximum absolute atomic E-state index is 2.61. The van der Waals surface area contributed by atoms with Gasteiger partial charge in [0.25, 0.3) is 6.71 Å². The predicted octanol–water partition coefficient (Wildman–Crippen LogP) is 15.9. The summed E-state index contributed by atoms with van der Waals surface area (Å²) in [6.45, 7) is 20.9. The van der Waals surface area contributed by atoms with Crippen molar-refractivity contribution in [2.75, 3.05) is 9.80 Å². The van der Waals surface area contributed by atoms with Gasteiger partial charge in [0.2, 0.25) is 0 Å². The molecule has 0 saturated carbocycles. The monoisotopic (exact) mass is 864 g/mol. The third kappa shape index (κ3) is 6.53. The maximum atomic E-state index is 2.61. The summed E-state index contributed by atoms with van der Waals surface area (Å²) in [6.07, 6.45) is 0. The highest BCUT2D eigenvalue weighted by Gasteiger charge is 2.44. The molecule has 0 aliphatic carbocycles. The standard InChI is InChI=1S/C64H57BN2/c1-62(2,3)45-26-30-48(31-27-45)66-55-34-25-44(40-15-11-10-12-16-40)37-52(55)65-53-39-47(64(7,8)9)29-36-56(53)67(58-20-14-19-57(66)61(58)65)54-35-28-46(63(4,5)6)38-51(54)49-32-23-43-22-21-41-17-13-18-42-24-33-50(49)60(43)59(41)42/h10-39H,1-9H3. The first kappa shape index (κ1) is 41.3. The van der Waals surface area contributed by atoms with Gasteiger partial charge in [0.15, 0.2) is 0 Å². The summed E-state index contributed by atoms with van der Waals surface area (Å²) < 4.78 is 0. The van der Waals surface area contributed by atoms with E-state index in [1.54, 1.807) is 0 Å². The van der Waals surface area contributed by atoms with Crippen LogP contribution in [-0.4, -0.2) is 6.71 Å². The maximum Gasteiger partial charge on any atom is 0.252 e. The first-order valence-corrected chi connectivity index (χ1v) is 24.1. The zero-order valence-corrected chi connectivity index (χ0v) is 40.3. The van der Waals surface area contributed by atoms with Gasteiger partial charge in [0.05, 0.1) is 5.69 Å². The predicted molar refractivity (Wildman–Crippen MR) is 291 cm³/mol. The van der Waals surface area contributed by atoms with Gasteiger partial charge in [0, 0.05) is 34.0 Å². The topological polar surface area (TPSA) is 6.48 Å². The van der Waals surface area contributed by atoms with Gasteiger partial charge in [-0.3, -0.25) is 0 Å². The summed E-state index contributed by atoms with van der Waals surface area (Å²) in [6, 6.07) is 69.8. The van der Waals surface area contributed by atoms with E-state index in [4.69, 9.17) is 0 Å². The Kier molecular flexibility index (Phi) is 9.07. The van der Waals surface area contributed by atoms with Gasteiger partial charge in [-0.05, 0) is 147 Å². The molecule has 0 fully saturated rings. The van der Waals surface area contributed by atoms with Crippen molar-refractivity contribution in [3.63, 3.8) is 0 Å². The lowest BCUT2D eigenvalue weighted by Crippen LogP contribution is -2.61. The van der Waals surface area contributed by atoms with E-state index in [1.807, 2.05) is 0 Å². The lowest BCUT2D eigenvalue weighted by molar-refractivity contribution is 0.590. The molecule has 0 atom stereocenters. The molecular formula is C64H57BN2. The molecule has 2 heterocycles. The first-order valence-electron chi connectivity index (χ1n) is 24.1. The van der Waals surface area contributed by atoms with E-state index in [-0.39, 0.29) is 23.0 Å². The Hall–Kier alpha value is -7.10. The Labute approximate surface area is 397 Å². The molecule has 0 unspecified atom stereocenters. The second-order valence-corrected chi connectivity index (χ2v) is 22.2. The minimum Gasteiger partial charge on any atom is -0.311 e. The van der Waals surface area contributed by atoms with Crippen LogP contribution in [0.25, 0.3) is 54.6 Å². The molecule has 0 spiro atoms. The number of nitrogens with zero attached hydrogens (tertiary/aromatic N) is 2. The van der Waals surface area contributed by atoms with Crippen LogP contribution in [0, 0.1) is 0 Å². The summed E-state index contributed by atoms with van der Waals surface area (Å²) in [4.78, 5) is 5.15. The van der Waals surface area contributed by atoms with Crippen LogP contribution in [0.1, 0.15) is 79.0 Å². The Morgan fingerprint density at radius 2 is 0.881 bits per heavy atom. The van der Waals surface area contributed by atoms with E-state index in [0.29, 0.717) is 0 Å². The fourth-order valence-corrected chi connectivity index (χ4v) is 11.3. The van der Waals surface area contributed by atoms with Crippen molar-refractivity contribution in [2.24, 2.45) is 0 Å². The van der Waals surface area contributed by atoms with Crippen LogP contribution in [0.3, 0.4) is 0 Å². The third-order valence-corrected chi connectivity index (χ3v) is 14.9. The number of anilines is 6. The molecule has 2 nitrogen and oxygen atoms in total. The van der Waals surface area contributed by atoms with Crippen molar-refractivity contribution < 1.29 is 0 Å². The van der Waals surface area contributed by atoms with Crippen LogP contribution < -0.4 is 26.2 Å². The summed E-state index contributed by atoms with van der Waals surface area (Å²) in [7, 11) is 0. The van der Waals surface area contributed by atoms with Crippen LogP contribution >= 0.6 is 0 Å². The van der Waals surface area contributed by atoms with Crippen LogP contribution in [0.15, 0.2) is 182 Å². The van der Waals surface area contributed by atoms with Gasteiger partial charge in [-0.1, -0.05) is 196 Å². The Morgan fingerprint density at radius 3 is 1.57 bits per heavy atom. The highest BCUT2D eigenvalue weighted by molar-refractivity contribution is 7.00. The van der Waals surface area contributed by atoms with Crippen LogP contribution in [0.4, 0.5) is 34.1 Å². The van der Waals surface area contributed by atoms with E-state index in [2.05, 4.69) is 254 Å². The zero-order valence-electron chi connectivity index (χ0n) is 40.3. The van der Waals surface area contributed by atoms with Gasteiger partial charge in [-0.25, -0.2) is 0 Å². The highest BCUT2D eigenvalue weighted by atomic mass is 15.2. The molecule has 67 heavy (non-hydrogen) atoms. The molecule has 10 aromatic carbocycles.